The zero-order valence-electron chi connectivity index (χ0n) is 10.7. The van der Waals surface area contributed by atoms with Crippen LogP contribution in [-0.2, 0) is 11.0 Å². The maximum absolute atomic E-state index is 12.9. The molecule has 0 aliphatic heterocycles. The standard InChI is InChI=1S/C13H7F3N2O3S/c14-13(15,16)10-4-7(9-2-1-3-22-9)8(5-17)12(18-10)21-6-11(19)20/h1-4H,6H2,(H,19,20). The number of carboxylic acids is 1. The molecule has 0 bridgehead atoms. The smallest absolute Gasteiger partial charge is 0.433 e. The van der Waals surface area contributed by atoms with Crippen molar-refractivity contribution in [2.75, 3.05) is 6.61 Å². The molecule has 114 valence electrons. The molecular weight excluding hydrogens is 321 g/mol. The molecule has 2 heterocycles. The number of hydrogen-bond acceptors (Lipinski definition) is 5. The Morgan fingerprint density at radius 2 is 2.23 bits per heavy atom. The van der Waals surface area contributed by atoms with Crippen molar-refractivity contribution < 1.29 is 27.8 Å². The van der Waals surface area contributed by atoms with Gasteiger partial charge in [-0.1, -0.05) is 6.07 Å². The molecular formula is C13H7F3N2O3S. The lowest BCUT2D eigenvalue weighted by molar-refractivity contribution is -0.141. The molecule has 0 saturated heterocycles. The third-order valence-corrected chi connectivity index (χ3v) is 3.41. The van der Waals surface area contributed by atoms with Gasteiger partial charge >= 0.3 is 12.1 Å². The topological polar surface area (TPSA) is 83.2 Å². The second-order valence-corrected chi connectivity index (χ2v) is 4.95. The largest absolute Gasteiger partial charge is 0.479 e. The number of ether oxygens (including phenoxy) is 1. The van der Waals surface area contributed by atoms with Crippen LogP contribution in [0.5, 0.6) is 5.88 Å². The molecule has 0 fully saturated rings. The van der Waals surface area contributed by atoms with Crippen molar-refractivity contribution in [3.05, 3.63) is 34.8 Å². The first-order chi connectivity index (χ1) is 10.3. The highest BCUT2D eigenvalue weighted by atomic mass is 32.1. The van der Waals surface area contributed by atoms with E-state index >= 15 is 0 Å². The fourth-order valence-electron chi connectivity index (χ4n) is 1.64. The number of nitrogens with zero attached hydrogens (tertiary/aromatic N) is 2. The lowest BCUT2D eigenvalue weighted by Crippen LogP contribution is -2.15. The lowest BCUT2D eigenvalue weighted by atomic mass is 10.1. The van der Waals surface area contributed by atoms with Crippen LogP contribution < -0.4 is 4.74 Å². The fraction of sp³-hybridized carbons (Fsp3) is 0.154. The summed E-state index contributed by atoms with van der Waals surface area (Å²) < 4.78 is 43.5. The lowest BCUT2D eigenvalue weighted by Gasteiger charge is -2.13. The van der Waals surface area contributed by atoms with Crippen molar-refractivity contribution in [3.8, 4) is 22.4 Å². The summed E-state index contributed by atoms with van der Waals surface area (Å²) in [6.45, 7) is -0.896. The molecule has 0 aromatic carbocycles. The number of rotatable bonds is 4. The summed E-state index contributed by atoms with van der Waals surface area (Å²) >= 11 is 1.14. The summed E-state index contributed by atoms with van der Waals surface area (Å²) in [6.07, 6.45) is -4.75. The van der Waals surface area contributed by atoms with E-state index in [1.807, 2.05) is 0 Å². The van der Waals surface area contributed by atoms with Gasteiger partial charge in [-0.3, -0.25) is 0 Å². The van der Waals surface area contributed by atoms with Gasteiger partial charge in [0.1, 0.15) is 17.3 Å². The Bertz CT molecular complexity index is 736. The SMILES string of the molecule is N#Cc1c(-c2cccs2)cc(C(F)(F)F)nc1OCC(=O)O. The van der Waals surface area contributed by atoms with Crippen LogP contribution >= 0.6 is 11.3 Å². The minimum atomic E-state index is -4.75. The Morgan fingerprint density at radius 3 is 2.73 bits per heavy atom. The van der Waals surface area contributed by atoms with Crippen molar-refractivity contribution in [2.45, 2.75) is 6.18 Å². The zero-order chi connectivity index (χ0) is 16.3. The van der Waals surface area contributed by atoms with Crippen molar-refractivity contribution >= 4 is 17.3 Å². The Morgan fingerprint density at radius 1 is 1.50 bits per heavy atom. The van der Waals surface area contributed by atoms with Gasteiger partial charge in [0, 0.05) is 10.4 Å². The highest BCUT2D eigenvalue weighted by Gasteiger charge is 2.35. The number of pyridine rings is 1. The Balaban J connectivity index is 2.63. The van der Waals surface area contributed by atoms with E-state index in [0.717, 1.165) is 17.4 Å². The van der Waals surface area contributed by atoms with E-state index in [1.165, 1.54) is 0 Å². The Hall–Kier alpha value is -2.60. The first-order valence-electron chi connectivity index (χ1n) is 5.73. The average molecular weight is 328 g/mol. The van der Waals surface area contributed by atoms with Gasteiger partial charge in [0.15, 0.2) is 6.61 Å². The molecule has 0 saturated carbocycles. The van der Waals surface area contributed by atoms with Crippen molar-refractivity contribution in [3.63, 3.8) is 0 Å². The second-order valence-electron chi connectivity index (χ2n) is 4.00. The summed E-state index contributed by atoms with van der Waals surface area (Å²) in [6, 6.07) is 5.62. The molecule has 0 radical (unpaired) electrons. The van der Waals surface area contributed by atoms with Crippen LogP contribution in [0, 0.1) is 11.3 Å². The molecule has 0 spiro atoms. The quantitative estimate of drug-likeness (QED) is 0.932. The van der Waals surface area contributed by atoms with Crippen LogP contribution in [0.3, 0.4) is 0 Å². The van der Waals surface area contributed by atoms with Crippen LogP contribution in [0.4, 0.5) is 13.2 Å². The second kappa shape index (κ2) is 6.03. The van der Waals surface area contributed by atoms with Gasteiger partial charge in [0.25, 0.3) is 0 Å². The van der Waals surface area contributed by atoms with Gasteiger partial charge in [0.05, 0.1) is 0 Å². The van der Waals surface area contributed by atoms with Crippen LogP contribution in [0.2, 0.25) is 0 Å². The molecule has 0 unspecified atom stereocenters. The van der Waals surface area contributed by atoms with E-state index in [4.69, 9.17) is 15.1 Å². The van der Waals surface area contributed by atoms with E-state index in [0.29, 0.717) is 4.88 Å². The summed E-state index contributed by atoms with van der Waals surface area (Å²) in [5.74, 6) is -2.04. The third kappa shape index (κ3) is 3.35. The van der Waals surface area contributed by atoms with Crippen LogP contribution in [0.1, 0.15) is 11.3 Å². The molecule has 2 aromatic rings. The summed E-state index contributed by atoms with van der Waals surface area (Å²) in [5.41, 5.74) is -1.49. The molecule has 0 aliphatic rings. The number of halogens is 3. The molecule has 5 nitrogen and oxygen atoms in total. The number of hydrogen-bond donors (Lipinski definition) is 1. The molecule has 1 N–H and O–H groups in total. The van der Waals surface area contributed by atoms with Gasteiger partial charge < -0.3 is 9.84 Å². The molecule has 0 amide bonds. The minimum absolute atomic E-state index is 0.000198. The third-order valence-electron chi connectivity index (χ3n) is 2.51. The van der Waals surface area contributed by atoms with Crippen molar-refractivity contribution in [2.24, 2.45) is 0 Å². The number of alkyl halides is 3. The average Bonchev–Trinajstić information content (AvgIpc) is 2.96. The van der Waals surface area contributed by atoms with Crippen molar-refractivity contribution in [1.82, 2.24) is 4.98 Å². The van der Waals surface area contributed by atoms with E-state index in [9.17, 15) is 18.0 Å². The van der Waals surface area contributed by atoms with Crippen LogP contribution in [0.15, 0.2) is 23.6 Å². The van der Waals surface area contributed by atoms with Gasteiger partial charge in [-0.25, -0.2) is 9.78 Å². The normalized spacial score (nSPS) is 11.0. The number of aliphatic carboxylic acids is 1. The van der Waals surface area contributed by atoms with Gasteiger partial charge in [-0.2, -0.15) is 18.4 Å². The number of carboxylic acid groups (broad SMARTS) is 1. The van der Waals surface area contributed by atoms with Gasteiger partial charge in [0.2, 0.25) is 5.88 Å². The molecule has 0 aliphatic carbocycles. The van der Waals surface area contributed by atoms with Crippen molar-refractivity contribution in [1.29, 1.82) is 5.26 Å². The van der Waals surface area contributed by atoms with E-state index < -0.39 is 30.3 Å². The number of nitriles is 1. The van der Waals surface area contributed by atoms with E-state index in [2.05, 4.69) is 4.98 Å². The highest BCUT2D eigenvalue weighted by molar-refractivity contribution is 7.13. The maximum Gasteiger partial charge on any atom is 0.433 e. The highest BCUT2D eigenvalue weighted by Crippen LogP contribution is 2.37. The number of aromatic nitrogens is 1. The summed E-state index contributed by atoms with van der Waals surface area (Å²) in [7, 11) is 0. The minimum Gasteiger partial charge on any atom is -0.479 e. The Kier molecular flexibility index (Phi) is 4.32. The predicted octanol–water partition coefficient (Wildman–Crippen LogP) is 3.16. The Labute approximate surface area is 126 Å². The zero-order valence-corrected chi connectivity index (χ0v) is 11.5. The molecule has 0 atom stereocenters. The number of thiophene rings is 1. The fourth-order valence-corrected chi connectivity index (χ4v) is 2.38. The van der Waals surface area contributed by atoms with Crippen LogP contribution in [-0.4, -0.2) is 22.7 Å². The summed E-state index contributed by atoms with van der Waals surface area (Å²) in [5, 5.41) is 19.4. The maximum atomic E-state index is 12.9. The first-order valence-corrected chi connectivity index (χ1v) is 6.61. The van der Waals surface area contributed by atoms with Gasteiger partial charge in [-0.05, 0) is 17.5 Å². The molecule has 9 heteroatoms. The monoisotopic (exact) mass is 328 g/mol. The van der Waals surface area contributed by atoms with Gasteiger partial charge in [-0.15, -0.1) is 11.3 Å². The molecule has 2 rings (SSSR count). The molecule has 22 heavy (non-hydrogen) atoms. The van der Waals surface area contributed by atoms with E-state index in [-0.39, 0.29) is 11.1 Å². The van der Waals surface area contributed by atoms with E-state index in [1.54, 1.807) is 23.6 Å². The first kappa shape index (κ1) is 15.8. The predicted molar refractivity (Wildman–Crippen MR) is 70.4 cm³/mol. The molecule has 2 aromatic heterocycles. The van der Waals surface area contributed by atoms with Crippen LogP contribution in [0.25, 0.3) is 10.4 Å². The number of carbonyl (C=O) groups is 1. The summed E-state index contributed by atoms with van der Waals surface area (Å²) in [4.78, 5) is 14.2.